The number of halogens is 1. The second-order valence-corrected chi connectivity index (χ2v) is 5.13. The van der Waals surface area contributed by atoms with E-state index in [9.17, 15) is 0 Å². The Hall–Kier alpha value is -2.14. The van der Waals surface area contributed by atoms with Crippen LogP contribution >= 0.6 is 11.6 Å². The minimum atomic E-state index is 0.232. The van der Waals surface area contributed by atoms with Crippen molar-refractivity contribution >= 4 is 28.6 Å². The smallest absolute Gasteiger partial charge is 0.226 e. The van der Waals surface area contributed by atoms with Gasteiger partial charge >= 0.3 is 0 Å². The van der Waals surface area contributed by atoms with E-state index in [1.165, 1.54) is 5.56 Å². The summed E-state index contributed by atoms with van der Waals surface area (Å²) in [4.78, 5) is 12.9. The summed E-state index contributed by atoms with van der Waals surface area (Å²) in [6.45, 7) is 3.65. The summed E-state index contributed by atoms with van der Waals surface area (Å²) < 4.78 is 2.00. The molecule has 3 rings (SSSR count). The van der Waals surface area contributed by atoms with Gasteiger partial charge in [-0.15, -0.1) is 0 Å². The van der Waals surface area contributed by atoms with Gasteiger partial charge in [-0.05, 0) is 23.6 Å². The van der Waals surface area contributed by atoms with Gasteiger partial charge in [0, 0.05) is 13.1 Å². The SMILES string of the molecule is CCCn1cnc2c(NCc3ccccc3)nc(Cl)nc21. The van der Waals surface area contributed by atoms with Crippen molar-refractivity contribution < 1.29 is 0 Å². The number of nitrogens with zero attached hydrogens (tertiary/aromatic N) is 4. The van der Waals surface area contributed by atoms with Crippen LogP contribution in [0.1, 0.15) is 18.9 Å². The van der Waals surface area contributed by atoms with Crippen molar-refractivity contribution in [3.05, 3.63) is 47.5 Å². The third kappa shape index (κ3) is 2.97. The molecule has 6 heteroatoms. The summed E-state index contributed by atoms with van der Waals surface area (Å²) in [5.41, 5.74) is 2.70. The predicted molar refractivity (Wildman–Crippen MR) is 84.4 cm³/mol. The van der Waals surface area contributed by atoms with Crippen LogP contribution in [0.5, 0.6) is 0 Å². The number of rotatable bonds is 5. The lowest BCUT2D eigenvalue weighted by Gasteiger charge is -2.07. The lowest BCUT2D eigenvalue weighted by Crippen LogP contribution is -2.04. The van der Waals surface area contributed by atoms with E-state index >= 15 is 0 Å². The van der Waals surface area contributed by atoms with Crippen LogP contribution in [0.3, 0.4) is 0 Å². The second kappa shape index (κ2) is 6.10. The summed E-state index contributed by atoms with van der Waals surface area (Å²) in [5, 5.41) is 3.52. The van der Waals surface area contributed by atoms with Gasteiger partial charge in [0.1, 0.15) is 0 Å². The van der Waals surface area contributed by atoms with Crippen molar-refractivity contribution in [1.29, 1.82) is 0 Å². The molecule has 0 saturated carbocycles. The normalized spacial score (nSPS) is 11.0. The molecule has 1 aromatic carbocycles. The number of imidazole rings is 1. The Morgan fingerprint density at radius 1 is 1.19 bits per heavy atom. The summed E-state index contributed by atoms with van der Waals surface area (Å²) in [6.07, 6.45) is 2.80. The van der Waals surface area contributed by atoms with Gasteiger partial charge in [-0.2, -0.15) is 9.97 Å². The molecule has 108 valence electrons. The van der Waals surface area contributed by atoms with E-state index in [-0.39, 0.29) is 5.28 Å². The number of nitrogens with one attached hydrogen (secondary N) is 1. The van der Waals surface area contributed by atoms with E-state index in [4.69, 9.17) is 11.6 Å². The Labute approximate surface area is 128 Å². The van der Waals surface area contributed by atoms with E-state index in [1.54, 1.807) is 6.33 Å². The van der Waals surface area contributed by atoms with Crippen molar-refractivity contribution in [3.8, 4) is 0 Å². The van der Waals surface area contributed by atoms with E-state index in [2.05, 4.69) is 39.3 Å². The van der Waals surface area contributed by atoms with Gasteiger partial charge in [0.2, 0.25) is 5.28 Å². The molecule has 3 aromatic rings. The molecule has 0 fully saturated rings. The number of fused-ring (bicyclic) bond motifs is 1. The number of anilines is 1. The standard InChI is InChI=1S/C15H16ClN5/c1-2-8-21-10-18-12-13(19-15(16)20-14(12)21)17-9-11-6-4-3-5-7-11/h3-7,10H,2,8-9H2,1H3,(H,17,19,20). The summed E-state index contributed by atoms with van der Waals surface area (Å²) in [5.74, 6) is 0.670. The van der Waals surface area contributed by atoms with Crippen molar-refractivity contribution in [2.24, 2.45) is 0 Å². The molecular formula is C15H16ClN5. The Morgan fingerprint density at radius 2 is 2.00 bits per heavy atom. The maximum absolute atomic E-state index is 6.03. The molecule has 0 aliphatic rings. The fraction of sp³-hybridized carbons (Fsp3) is 0.267. The maximum Gasteiger partial charge on any atom is 0.226 e. The maximum atomic E-state index is 6.03. The molecule has 0 aliphatic carbocycles. The van der Waals surface area contributed by atoms with Crippen LogP contribution in [0, 0.1) is 0 Å². The van der Waals surface area contributed by atoms with Gasteiger partial charge in [-0.3, -0.25) is 0 Å². The van der Waals surface area contributed by atoms with Crippen LogP contribution in [-0.4, -0.2) is 19.5 Å². The van der Waals surface area contributed by atoms with E-state index in [0.29, 0.717) is 12.4 Å². The molecule has 0 radical (unpaired) electrons. The third-order valence-corrected chi connectivity index (χ3v) is 3.37. The van der Waals surface area contributed by atoms with Gasteiger partial charge in [-0.25, -0.2) is 4.98 Å². The number of benzene rings is 1. The Morgan fingerprint density at radius 3 is 2.76 bits per heavy atom. The molecule has 0 amide bonds. The molecular weight excluding hydrogens is 286 g/mol. The number of aryl methyl sites for hydroxylation is 1. The third-order valence-electron chi connectivity index (χ3n) is 3.20. The van der Waals surface area contributed by atoms with Crippen LogP contribution < -0.4 is 5.32 Å². The van der Waals surface area contributed by atoms with Crippen molar-refractivity contribution in [2.45, 2.75) is 26.4 Å². The van der Waals surface area contributed by atoms with Gasteiger partial charge in [-0.1, -0.05) is 37.3 Å². The minimum absolute atomic E-state index is 0.232. The quantitative estimate of drug-likeness (QED) is 0.733. The van der Waals surface area contributed by atoms with E-state index in [1.807, 2.05) is 22.8 Å². The lowest BCUT2D eigenvalue weighted by molar-refractivity contribution is 0.691. The largest absolute Gasteiger partial charge is 0.364 e. The molecule has 0 saturated heterocycles. The molecule has 0 spiro atoms. The summed E-state index contributed by atoms with van der Waals surface area (Å²) in [6, 6.07) is 10.1. The first-order valence-electron chi connectivity index (χ1n) is 6.94. The fourth-order valence-corrected chi connectivity index (χ4v) is 2.39. The predicted octanol–water partition coefficient (Wildman–Crippen LogP) is 3.50. The van der Waals surface area contributed by atoms with Gasteiger partial charge in [0.15, 0.2) is 17.0 Å². The zero-order valence-electron chi connectivity index (χ0n) is 11.8. The topological polar surface area (TPSA) is 55.6 Å². The highest BCUT2D eigenvalue weighted by molar-refractivity contribution is 6.28. The summed E-state index contributed by atoms with van der Waals surface area (Å²) in [7, 11) is 0. The highest BCUT2D eigenvalue weighted by atomic mass is 35.5. The van der Waals surface area contributed by atoms with Crippen molar-refractivity contribution in [2.75, 3.05) is 5.32 Å². The van der Waals surface area contributed by atoms with Gasteiger partial charge in [0.05, 0.1) is 6.33 Å². The number of hydrogen-bond donors (Lipinski definition) is 1. The van der Waals surface area contributed by atoms with Gasteiger partial charge < -0.3 is 9.88 Å². The zero-order valence-corrected chi connectivity index (χ0v) is 12.5. The Balaban J connectivity index is 1.91. The molecule has 0 bridgehead atoms. The number of aromatic nitrogens is 4. The van der Waals surface area contributed by atoms with Crippen LogP contribution in [0.25, 0.3) is 11.2 Å². The first-order valence-corrected chi connectivity index (χ1v) is 7.32. The monoisotopic (exact) mass is 301 g/mol. The summed E-state index contributed by atoms with van der Waals surface area (Å²) >= 11 is 6.03. The Bertz CT molecular complexity index is 738. The molecule has 1 N–H and O–H groups in total. The van der Waals surface area contributed by atoms with Crippen LogP contribution in [0.15, 0.2) is 36.7 Å². The second-order valence-electron chi connectivity index (χ2n) is 4.79. The number of hydrogen-bond acceptors (Lipinski definition) is 4. The fourth-order valence-electron chi connectivity index (χ4n) is 2.23. The van der Waals surface area contributed by atoms with Crippen molar-refractivity contribution in [1.82, 2.24) is 19.5 Å². The van der Waals surface area contributed by atoms with Crippen LogP contribution in [0.2, 0.25) is 5.28 Å². The minimum Gasteiger partial charge on any atom is -0.364 e. The molecule has 0 aliphatic heterocycles. The first-order chi connectivity index (χ1) is 10.3. The molecule has 0 unspecified atom stereocenters. The molecule has 0 atom stereocenters. The van der Waals surface area contributed by atoms with Crippen LogP contribution in [-0.2, 0) is 13.1 Å². The molecule has 21 heavy (non-hydrogen) atoms. The zero-order chi connectivity index (χ0) is 14.7. The molecule has 2 aromatic heterocycles. The molecule has 2 heterocycles. The van der Waals surface area contributed by atoms with Gasteiger partial charge in [0.25, 0.3) is 0 Å². The van der Waals surface area contributed by atoms with Crippen molar-refractivity contribution in [3.63, 3.8) is 0 Å². The average Bonchev–Trinajstić information content (AvgIpc) is 2.89. The average molecular weight is 302 g/mol. The first kappa shape index (κ1) is 13.8. The Kier molecular flexibility index (Phi) is 4.01. The lowest BCUT2D eigenvalue weighted by atomic mass is 10.2. The van der Waals surface area contributed by atoms with E-state index in [0.717, 1.165) is 24.1 Å². The molecule has 5 nitrogen and oxygen atoms in total. The van der Waals surface area contributed by atoms with E-state index < -0.39 is 0 Å². The highest BCUT2D eigenvalue weighted by Gasteiger charge is 2.12. The highest BCUT2D eigenvalue weighted by Crippen LogP contribution is 2.21. The van der Waals surface area contributed by atoms with Crippen LogP contribution in [0.4, 0.5) is 5.82 Å².